The number of benzene rings is 2. The van der Waals surface area contributed by atoms with Crippen LogP contribution >= 0.6 is 22.6 Å². The van der Waals surface area contributed by atoms with Gasteiger partial charge >= 0.3 is 0 Å². The lowest BCUT2D eigenvalue weighted by Gasteiger charge is -2.31. The van der Waals surface area contributed by atoms with Crippen molar-refractivity contribution >= 4 is 42.6 Å². The van der Waals surface area contributed by atoms with Gasteiger partial charge in [-0.05, 0) is 65.9 Å². The van der Waals surface area contributed by atoms with E-state index in [0.717, 1.165) is 20.4 Å². The highest BCUT2D eigenvalue weighted by Gasteiger charge is 2.66. The Morgan fingerprint density at radius 2 is 1.92 bits per heavy atom. The van der Waals surface area contributed by atoms with E-state index in [2.05, 4.69) is 32.9 Å². The minimum Gasteiger partial charge on any atom is -0.396 e. The quantitative estimate of drug-likeness (QED) is 0.218. The molecule has 1 amide bonds. The Labute approximate surface area is 231 Å². The SMILES string of the molecule is C[C@H]1[C@H]([Si](C)(C)F)[C@@H](CCn2cc(CCO)nn2)O[C@]12C(=O)N(Cc1ccc(I)cc1)c1ccccc12. The number of aliphatic hydroxyl groups excluding tert-OH is 1. The van der Waals surface area contributed by atoms with Gasteiger partial charge in [-0.25, -0.2) is 0 Å². The molecule has 4 atom stereocenters. The number of ether oxygens (including phenoxy) is 1. The number of fused-ring (bicyclic) bond motifs is 2. The number of carbonyl (C=O) groups excluding carboxylic acids is 1. The number of carbonyl (C=O) groups is 1. The summed E-state index contributed by atoms with van der Waals surface area (Å²) in [5.74, 6) is -0.434. The van der Waals surface area contributed by atoms with Crippen LogP contribution in [-0.4, -0.2) is 47.1 Å². The molecule has 1 saturated heterocycles. The van der Waals surface area contributed by atoms with E-state index in [1.54, 1.807) is 28.9 Å². The fourth-order valence-corrected chi connectivity index (χ4v) is 9.04. The van der Waals surface area contributed by atoms with Crippen LogP contribution in [0.5, 0.6) is 0 Å². The number of amides is 1. The van der Waals surface area contributed by atoms with Crippen LogP contribution in [-0.2, 0) is 34.6 Å². The minimum atomic E-state index is -3.22. The van der Waals surface area contributed by atoms with Crippen molar-refractivity contribution in [2.75, 3.05) is 11.5 Å². The fourth-order valence-electron chi connectivity index (χ4n) is 6.14. The molecule has 1 N–H and O–H groups in total. The smallest absolute Gasteiger partial charge is 0.264 e. The number of aromatic nitrogens is 3. The second kappa shape index (κ2) is 10.2. The summed E-state index contributed by atoms with van der Waals surface area (Å²) < 4.78 is 25.5. The van der Waals surface area contributed by atoms with Crippen molar-refractivity contribution in [3.63, 3.8) is 0 Å². The Hall–Kier alpha value is -2.15. The molecular formula is C27H32FIN4O3Si. The van der Waals surface area contributed by atoms with Crippen LogP contribution in [0.1, 0.15) is 30.2 Å². The van der Waals surface area contributed by atoms with Crippen LogP contribution in [0.4, 0.5) is 9.80 Å². The maximum atomic E-state index is 15.9. The van der Waals surface area contributed by atoms with Crippen LogP contribution in [0.2, 0.25) is 18.6 Å². The van der Waals surface area contributed by atoms with E-state index in [-0.39, 0.29) is 24.0 Å². The fraction of sp³-hybridized carbons (Fsp3) is 0.444. The number of para-hydroxylation sites is 1. The number of nitrogens with zero attached hydrogens (tertiary/aromatic N) is 4. The molecule has 0 aliphatic carbocycles. The van der Waals surface area contributed by atoms with Crippen LogP contribution in [0.3, 0.4) is 0 Å². The molecule has 0 unspecified atom stereocenters. The molecule has 2 aliphatic heterocycles. The van der Waals surface area contributed by atoms with Crippen molar-refractivity contribution in [1.82, 2.24) is 15.0 Å². The standard InChI is InChI=1S/C27H32FIN4O3Si/c1-18-25(37(2,3)28)24(12-14-32-17-21(13-15-34)30-31-32)36-27(18)22-6-4-5-7-23(22)33(26(27)35)16-19-8-10-20(29)11-9-19/h4-11,17-18,24-25,34H,12-16H2,1-3H3/t18-,24+,25-,27+/m0/s1. The molecule has 1 fully saturated rings. The van der Waals surface area contributed by atoms with Gasteiger partial charge in [-0.3, -0.25) is 9.48 Å². The van der Waals surface area contributed by atoms with Gasteiger partial charge in [0.05, 0.1) is 24.0 Å². The Morgan fingerprint density at radius 3 is 2.62 bits per heavy atom. The molecule has 3 heterocycles. The van der Waals surface area contributed by atoms with Crippen molar-refractivity contribution in [3.05, 3.63) is 75.1 Å². The number of halogens is 2. The number of aryl methyl sites for hydroxylation is 1. The van der Waals surface area contributed by atoms with Crippen molar-refractivity contribution in [1.29, 1.82) is 0 Å². The third-order valence-electron chi connectivity index (χ3n) is 7.72. The second-order valence-corrected chi connectivity index (χ2v) is 15.6. The van der Waals surface area contributed by atoms with E-state index in [9.17, 15) is 4.79 Å². The second-order valence-electron chi connectivity index (χ2n) is 10.5. The Kier molecular flexibility index (Phi) is 7.29. The predicted molar refractivity (Wildman–Crippen MR) is 150 cm³/mol. The minimum absolute atomic E-state index is 0.00835. The van der Waals surface area contributed by atoms with Crippen LogP contribution < -0.4 is 4.90 Å². The van der Waals surface area contributed by atoms with Crippen molar-refractivity contribution < 1.29 is 18.7 Å². The summed E-state index contributed by atoms with van der Waals surface area (Å²) >= 11 is 2.27. The van der Waals surface area contributed by atoms with Crippen LogP contribution in [0.15, 0.2) is 54.7 Å². The van der Waals surface area contributed by atoms with E-state index in [1.807, 2.05) is 55.5 Å². The molecule has 3 aromatic rings. The highest BCUT2D eigenvalue weighted by atomic mass is 127. The van der Waals surface area contributed by atoms with Crippen molar-refractivity contribution in [2.24, 2.45) is 5.92 Å². The monoisotopic (exact) mass is 634 g/mol. The van der Waals surface area contributed by atoms with Crippen molar-refractivity contribution in [2.45, 2.75) is 63.2 Å². The number of hydrogen-bond donors (Lipinski definition) is 1. The summed E-state index contributed by atoms with van der Waals surface area (Å²) in [4.78, 5) is 16.1. The van der Waals surface area contributed by atoms with E-state index < -0.39 is 20.1 Å². The molecule has 0 bridgehead atoms. The lowest BCUT2D eigenvalue weighted by atomic mass is 9.82. The van der Waals surface area contributed by atoms with Gasteiger partial charge in [0.1, 0.15) is 0 Å². The first kappa shape index (κ1) is 26.5. The van der Waals surface area contributed by atoms with E-state index in [0.29, 0.717) is 31.6 Å². The van der Waals surface area contributed by atoms with E-state index in [1.165, 1.54) is 0 Å². The molecule has 0 saturated carbocycles. The summed E-state index contributed by atoms with van der Waals surface area (Å²) in [6.07, 6.45) is 2.33. The molecule has 2 aliphatic rings. The number of hydrogen-bond acceptors (Lipinski definition) is 5. The number of rotatable bonds is 8. The summed E-state index contributed by atoms with van der Waals surface area (Å²) in [5, 5.41) is 17.4. The maximum absolute atomic E-state index is 15.9. The molecule has 196 valence electrons. The number of anilines is 1. The normalized spacial score (nSPS) is 25.3. The first-order chi connectivity index (χ1) is 17.6. The molecule has 7 nitrogen and oxygen atoms in total. The average Bonchev–Trinajstić information content (AvgIpc) is 3.50. The summed E-state index contributed by atoms with van der Waals surface area (Å²) in [5.41, 5.74) is 1.83. The zero-order chi connectivity index (χ0) is 26.4. The molecule has 10 heteroatoms. The maximum Gasteiger partial charge on any atom is 0.264 e. The van der Waals surface area contributed by atoms with Gasteiger partial charge in [0, 0.05) is 46.4 Å². The zero-order valence-electron chi connectivity index (χ0n) is 21.3. The molecule has 2 aromatic carbocycles. The Morgan fingerprint density at radius 1 is 1.19 bits per heavy atom. The molecule has 1 spiro atoms. The van der Waals surface area contributed by atoms with Gasteiger partial charge in [-0.15, -0.1) is 5.10 Å². The Bertz CT molecular complexity index is 1280. The van der Waals surface area contributed by atoms with E-state index in [4.69, 9.17) is 9.84 Å². The molecule has 37 heavy (non-hydrogen) atoms. The van der Waals surface area contributed by atoms with Gasteiger partial charge in [-0.2, -0.15) is 0 Å². The first-order valence-electron chi connectivity index (χ1n) is 12.7. The predicted octanol–water partition coefficient (Wildman–Crippen LogP) is 4.83. The average molecular weight is 635 g/mol. The number of aliphatic hydroxyl groups is 1. The van der Waals surface area contributed by atoms with Crippen molar-refractivity contribution in [3.8, 4) is 0 Å². The third-order valence-corrected chi connectivity index (χ3v) is 10.9. The van der Waals surface area contributed by atoms with Gasteiger partial charge in [0.15, 0.2) is 5.60 Å². The zero-order valence-corrected chi connectivity index (χ0v) is 24.4. The van der Waals surface area contributed by atoms with E-state index >= 15 is 4.11 Å². The van der Waals surface area contributed by atoms with Gasteiger partial charge in [0.2, 0.25) is 8.41 Å². The van der Waals surface area contributed by atoms with Crippen LogP contribution in [0, 0.1) is 9.49 Å². The summed E-state index contributed by atoms with van der Waals surface area (Å²) in [6, 6.07) is 15.9. The van der Waals surface area contributed by atoms with Crippen LogP contribution in [0.25, 0.3) is 0 Å². The highest BCUT2D eigenvalue weighted by Crippen LogP contribution is 2.60. The summed E-state index contributed by atoms with van der Waals surface area (Å²) in [7, 11) is -3.22. The largest absolute Gasteiger partial charge is 0.396 e. The van der Waals surface area contributed by atoms with Gasteiger partial charge in [-0.1, -0.05) is 42.5 Å². The van der Waals surface area contributed by atoms with Gasteiger partial charge < -0.3 is 18.9 Å². The lowest BCUT2D eigenvalue weighted by Crippen LogP contribution is -2.45. The molecular weight excluding hydrogens is 602 g/mol. The molecule has 1 aromatic heterocycles. The van der Waals surface area contributed by atoms with Gasteiger partial charge in [0.25, 0.3) is 5.91 Å². The topological polar surface area (TPSA) is 80.5 Å². The first-order valence-corrected chi connectivity index (χ1v) is 16.7. The highest BCUT2D eigenvalue weighted by molar-refractivity contribution is 14.1. The molecule has 5 rings (SSSR count). The third kappa shape index (κ3) is 4.77. The lowest BCUT2D eigenvalue weighted by molar-refractivity contribution is -0.146. The Balaban J connectivity index is 1.47. The molecule has 0 radical (unpaired) electrons. The summed E-state index contributed by atoms with van der Waals surface area (Å²) in [6.45, 7) is 6.35.